The zero-order valence-electron chi connectivity index (χ0n) is 22.2. The second-order valence-corrected chi connectivity index (χ2v) is 9.78. The van der Waals surface area contributed by atoms with Crippen molar-refractivity contribution < 1.29 is 0 Å². The van der Waals surface area contributed by atoms with E-state index in [-0.39, 0.29) is 0 Å². The van der Waals surface area contributed by atoms with Crippen molar-refractivity contribution >= 4 is 27.4 Å². The molecule has 190 valence electrons. The van der Waals surface area contributed by atoms with Crippen LogP contribution in [-0.2, 0) is 0 Å². The van der Waals surface area contributed by atoms with E-state index in [1.54, 1.807) is 0 Å². The number of aromatic nitrogens is 3. The summed E-state index contributed by atoms with van der Waals surface area (Å²) in [5, 5.41) is 2.47. The first-order valence-electron chi connectivity index (χ1n) is 13.6. The molecule has 0 atom stereocenters. The van der Waals surface area contributed by atoms with E-state index in [2.05, 4.69) is 139 Å². The van der Waals surface area contributed by atoms with Crippen molar-refractivity contribution in [2.45, 2.75) is 6.92 Å². The van der Waals surface area contributed by atoms with Gasteiger partial charge in [0.25, 0.3) is 0 Å². The molecule has 2 aromatic heterocycles. The highest BCUT2D eigenvalue weighted by Crippen LogP contribution is 2.36. The van der Waals surface area contributed by atoms with Crippen molar-refractivity contribution in [3.05, 3.63) is 157 Å². The average Bonchev–Trinajstić information content (AvgIpc) is 3.42. The topological polar surface area (TPSA) is 30.7 Å². The Morgan fingerprint density at radius 3 is 2.20 bits per heavy atom. The Morgan fingerprint density at radius 1 is 0.600 bits per heavy atom. The van der Waals surface area contributed by atoms with Gasteiger partial charge in [0.1, 0.15) is 5.69 Å². The van der Waals surface area contributed by atoms with Gasteiger partial charge in [-0.05, 0) is 70.8 Å². The molecule has 3 heteroatoms. The molecule has 5 aromatic carbocycles. The second kappa shape index (κ2) is 10.1. The first-order valence-corrected chi connectivity index (χ1v) is 13.6. The molecule has 0 N–H and O–H groups in total. The summed E-state index contributed by atoms with van der Waals surface area (Å²) < 4.78 is 2.20. The van der Waals surface area contributed by atoms with Crippen LogP contribution in [0.3, 0.4) is 0 Å². The number of hydrogen-bond acceptors (Lipinski definition) is 2. The lowest BCUT2D eigenvalue weighted by molar-refractivity contribution is 1.08. The molecule has 0 bridgehead atoms. The third-order valence-corrected chi connectivity index (χ3v) is 7.42. The molecular formula is C37H27N3. The van der Waals surface area contributed by atoms with Gasteiger partial charge >= 0.3 is 0 Å². The molecule has 0 amide bonds. The quantitative estimate of drug-likeness (QED) is 0.230. The molecule has 2 heterocycles. The van der Waals surface area contributed by atoms with Crippen LogP contribution in [0.5, 0.6) is 0 Å². The number of benzene rings is 5. The summed E-state index contributed by atoms with van der Waals surface area (Å²) in [5.41, 5.74) is 9.47. The molecule has 0 unspecified atom stereocenters. The minimum atomic E-state index is 0.826. The Morgan fingerprint density at radius 2 is 1.30 bits per heavy atom. The van der Waals surface area contributed by atoms with Gasteiger partial charge in [-0.25, -0.2) is 9.97 Å². The maximum absolute atomic E-state index is 5.22. The Labute approximate surface area is 233 Å². The lowest BCUT2D eigenvalue weighted by atomic mass is 9.90. The molecule has 0 radical (unpaired) electrons. The Bertz CT molecular complexity index is 2010. The van der Waals surface area contributed by atoms with Crippen LogP contribution < -0.4 is 0 Å². The largest absolute Gasteiger partial charge is 0.291 e. The minimum Gasteiger partial charge on any atom is -0.291 e. The Kier molecular flexibility index (Phi) is 6.02. The molecule has 7 aromatic rings. The average molecular weight is 514 g/mol. The highest BCUT2D eigenvalue weighted by atomic mass is 15.1. The predicted octanol–water partition coefficient (Wildman–Crippen LogP) is 9.36. The van der Waals surface area contributed by atoms with E-state index in [1.165, 1.54) is 21.9 Å². The summed E-state index contributed by atoms with van der Waals surface area (Å²) in [5.74, 6) is 0.826. The summed E-state index contributed by atoms with van der Waals surface area (Å²) in [6.45, 7) is 2.09. The van der Waals surface area contributed by atoms with E-state index in [4.69, 9.17) is 9.97 Å². The van der Waals surface area contributed by atoms with E-state index in [0.717, 1.165) is 45.1 Å². The van der Waals surface area contributed by atoms with Gasteiger partial charge in [-0.3, -0.25) is 4.57 Å². The van der Waals surface area contributed by atoms with Crippen molar-refractivity contribution in [3.8, 4) is 28.3 Å². The van der Waals surface area contributed by atoms with Crippen LogP contribution in [0, 0.1) is 0 Å². The molecule has 0 fully saturated rings. The third kappa shape index (κ3) is 4.09. The van der Waals surface area contributed by atoms with Gasteiger partial charge in [-0.15, -0.1) is 0 Å². The predicted molar refractivity (Wildman–Crippen MR) is 166 cm³/mol. The number of pyridine rings is 1. The molecule has 0 spiro atoms. The summed E-state index contributed by atoms with van der Waals surface area (Å²) in [6.07, 6.45) is 2.16. The van der Waals surface area contributed by atoms with Crippen LogP contribution in [0.2, 0.25) is 0 Å². The molecule has 7 rings (SSSR count). The zero-order valence-corrected chi connectivity index (χ0v) is 22.2. The maximum atomic E-state index is 5.22. The van der Waals surface area contributed by atoms with Crippen LogP contribution in [0.25, 0.3) is 55.7 Å². The fraction of sp³-hybridized carbons (Fsp3) is 0.0270. The first-order chi connectivity index (χ1) is 19.8. The number of para-hydroxylation sites is 3. The van der Waals surface area contributed by atoms with E-state index in [1.807, 2.05) is 18.2 Å². The fourth-order valence-electron chi connectivity index (χ4n) is 5.60. The smallest absolute Gasteiger partial charge is 0.164 e. The van der Waals surface area contributed by atoms with Crippen molar-refractivity contribution in [2.75, 3.05) is 0 Å². The van der Waals surface area contributed by atoms with Gasteiger partial charge in [0.15, 0.2) is 5.82 Å². The molecule has 0 aliphatic rings. The lowest BCUT2D eigenvalue weighted by Crippen LogP contribution is -2.01. The number of imidazole rings is 1. The number of nitrogens with zero attached hydrogens (tertiary/aromatic N) is 3. The van der Waals surface area contributed by atoms with Crippen molar-refractivity contribution in [2.24, 2.45) is 0 Å². The normalized spacial score (nSPS) is 11.8. The van der Waals surface area contributed by atoms with Crippen LogP contribution >= 0.6 is 0 Å². The molecule has 0 aliphatic heterocycles. The van der Waals surface area contributed by atoms with E-state index < -0.39 is 0 Å². The van der Waals surface area contributed by atoms with Crippen molar-refractivity contribution in [3.63, 3.8) is 0 Å². The van der Waals surface area contributed by atoms with E-state index in [0.29, 0.717) is 0 Å². The number of hydrogen-bond donors (Lipinski definition) is 0. The molecule has 0 aliphatic carbocycles. The Balaban J connectivity index is 1.39. The van der Waals surface area contributed by atoms with Gasteiger partial charge < -0.3 is 0 Å². The van der Waals surface area contributed by atoms with Crippen LogP contribution in [0.1, 0.15) is 18.2 Å². The summed E-state index contributed by atoms with van der Waals surface area (Å²) in [4.78, 5) is 10.3. The third-order valence-electron chi connectivity index (χ3n) is 7.42. The molecule has 0 saturated heterocycles. The highest BCUT2D eigenvalue weighted by molar-refractivity contribution is 6.00. The summed E-state index contributed by atoms with van der Waals surface area (Å²) in [7, 11) is 0. The molecule has 40 heavy (non-hydrogen) atoms. The standard InChI is InChI=1S/C37H27N3/c1-2-28(30-19-8-9-20-32(30)31-21-12-15-26-14-6-7-18-29(26)31)33-23-13-24-35(38-33)37-39-34-22-10-11-25-36(34)40(37)27-16-4-3-5-17-27/h2-25H,1H3. The van der Waals surface area contributed by atoms with Gasteiger partial charge in [0.05, 0.1) is 16.7 Å². The molecular weight excluding hydrogens is 486 g/mol. The van der Waals surface area contributed by atoms with Crippen molar-refractivity contribution in [1.82, 2.24) is 14.5 Å². The van der Waals surface area contributed by atoms with E-state index in [9.17, 15) is 0 Å². The first kappa shape index (κ1) is 23.8. The second-order valence-electron chi connectivity index (χ2n) is 9.78. The van der Waals surface area contributed by atoms with Gasteiger partial charge in [0, 0.05) is 11.3 Å². The highest BCUT2D eigenvalue weighted by Gasteiger charge is 2.18. The number of allylic oxidation sites excluding steroid dienone is 1. The fourth-order valence-corrected chi connectivity index (χ4v) is 5.60. The minimum absolute atomic E-state index is 0.826. The van der Waals surface area contributed by atoms with Gasteiger partial charge in [-0.1, -0.05) is 109 Å². The van der Waals surface area contributed by atoms with Gasteiger partial charge in [-0.2, -0.15) is 0 Å². The molecule has 0 saturated carbocycles. The molecule has 3 nitrogen and oxygen atoms in total. The monoisotopic (exact) mass is 513 g/mol. The van der Waals surface area contributed by atoms with Crippen molar-refractivity contribution in [1.29, 1.82) is 0 Å². The maximum Gasteiger partial charge on any atom is 0.164 e. The van der Waals surface area contributed by atoms with E-state index >= 15 is 0 Å². The van der Waals surface area contributed by atoms with Crippen LogP contribution in [0.4, 0.5) is 0 Å². The van der Waals surface area contributed by atoms with Gasteiger partial charge in [0.2, 0.25) is 0 Å². The van der Waals surface area contributed by atoms with Crippen LogP contribution in [-0.4, -0.2) is 14.5 Å². The Hall–Kier alpha value is -5.28. The SMILES string of the molecule is CC=C(c1cccc(-c2nc3ccccc3n2-c2ccccc2)n1)c1ccccc1-c1cccc2ccccc12. The number of fused-ring (bicyclic) bond motifs is 2. The number of rotatable bonds is 5. The lowest BCUT2D eigenvalue weighted by Gasteiger charge is -2.16. The summed E-state index contributed by atoms with van der Waals surface area (Å²) >= 11 is 0. The zero-order chi connectivity index (χ0) is 26.9. The van der Waals surface area contributed by atoms with Crippen LogP contribution in [0.15, 0.2) is 146 Å². The summed E-state index contributed by atoms with van der Waals surface area (Å²) in [6, 6.07) is 48.5.